The van der Waals surface area contributed by atoms with Crippen LogP contribution in [0.15, 0.2) is 6.20 Å². The molecular weight excluding hydrogens is 188 g/mol. The molecule has 1 amide bonds. The molecule has 5 nitrogen and oxygen atoms in total. The van der Waals surface area contributed by atoms with Gasteiger partial charge in [0.25, 0.3) is 5.91 Å². The molecule has 1 aromatic rings. The molecule has 0 atom stereocenters. The second kappa shape index (κ2) is 5.60. The van der Waals surface area contributed by atoms with E-state index < -0.39 is 0 Å². The van der Waals surface area contributed by atoms with Crippen LogP contribution in [0.25, 0.3) is 0 Å². The minimum Gasteiger partial charge on any atom is -0.351 e. The molecule has 0 radical (unpaired) electrons. The van der Waals surface area contributed by atoms with Crippen molar-refractivity contribution in [3.63, 3.8) is 0 Å². The highest BCUT2D eigenvalue weighted by atomic mass is 32.1. The van der Waals surface area contributed by atoms with Crippen molar-refractivity contribution in [3.8, 4) is 0 Å². The molecule has 1 aromatic heterocycles. The van der Waals surface area contributed by atoms with Gasteiger partial charge < -0.3 is 10.6 Å². The molecule has 0 aliphatic rings. The fraction of sp³-hybridized carbons (Fsp3) is 0.571. The van der Waals surface area contributed by atoms with Crippen molar-refractivity contribution in [3.05, 3.63) is 11.1 Å². The van der Waals surface area contributed by atoms with Gasteiger partial charge in [0.1, 0.15) is 4.88 Å². The molecule has 0 aliphatic heterocycles. The number of carbonyl (C=O) groups excluding carboxylic acids is 1. The Hall–Kier alpha value is -1.01. The average Bonchev–Trinajstić information content (AvgIpc) is 2.65. The van der Waals surface area contributed by atoms with Gasteiger partial charge in [-0.25, -0.2) is 0 Å². The Labute approximate surface area is 80.7 Å². The summed E-state index contributed by atoms with van der Waals surface area (Å²) in [6.45, 7) is 1.58. The van der Waals surface area contributed by atoms with Gasteiger partial charge in [-0.05, 0) is 31.5 Å². The molecule has 1 rings (SSSR count). The van der Waals surface area contributed by atoms with Crippen molar-refractivity contribution >= 4 is 17.4 Å². The Bertz CT molecular complexity index is 249. The molecule has 0 fully saturated rings. The molecule has 0 spiro atoms. The van der Waals surface area contributed by atoms with Crippen LogP contribution < -0.4 is 10.6 Å². The maximum Gasteiger partial charge on any atom is 0.264 e. The molecule has 0 bridgehead atoms. The van der Waals surface area contributed by atoms with Gasteiger partial charge in [-0.1, -0.05) is 4.49 Å². The summed E-state index contributed by atoms with van der Waals surface area (Å²) in [5.74, 6) is -0.0916. The van der Waals surface area contributed by atoms with E-state index in [0.717, 1.165) is 24.5 Å². The first kappa shape index (κ1) is 10.1. The van der Waals surface area contributed by atoms with E-state index >= 15 is 0 Å². The monoisotopic (exact) mass is 200 g/mol. The lowest BCUT2D eigenvalue weighted by Gasteiger charge is -2.01. The number of hydrogen-bond donors (Lipinski definition) is 2. The number of rotatable bonds is 5. The summed E-state index contributed by atoms with van der Waals surface area (Å²) in [5.41, 5.74) is 0. The highest BCUT2D eigenvalue weighted by Gasteiger charge is 2.06. The van der Waals surface area contributed by atoms with Crippen LogP contribution in [-0.2, 0) is 0 Å². The molecule has 0 saturated carbocycles. The van der Waals surface area contributed by atoms with Crippen LogP contribution in [0.2, 0.25) is 0 Å². The van der Waals surface area contributed by atoms with E-state index in [1.165, 1.54) is 6.20 Å². The molecule has 2 N–H and O–H groups in total. The van der Waals surface area contributed by atoms with Crippen LogP contribution in [0.4, 0.5) is 0 Å². The lowest BCUT2D eigenvalue weighted by Crippen LogP contribution is -2.25. The lowest BCUT2D eigenvalue weighted by atomic mass is 10.4. The predicted octanol–water partition coefficient (Wildman–Crippen LogP) is -0.123. The minimum absolute atomic E-state index is 0.0916. The first-order valence-electron chi connectivity index (χ1n) is 4.04. The van der Waals surface area contributed by atoms with E-state index in [1.807, 2.05) is 7.05 Å². The Morgan fingerprint density at radius 2 is 2.46 bits per heavy atom. The molecule has 6 heteroatoms. The van der Waals surface area contributed by atoms with Gasteiger partial charge in [0.05, 0.1) is 6.20 Å². The van der Waals surface area contributed by atoms with Gasteiger partial charge in [0, 0.05) is 6.54 Å². The van der Waals surface area contributed by atoms with Crippen LogP contribution in [0.3, 0.4) is 0 Å². The normalized spacial score (nSPS) is 9.92. The fourth-order valence-corrected chi connectivity index (χ4v) is 1.25. The SMILES string of the molecule is CNCCCNC(=O)c1cnns1. The summed E-state index contributed by atoms with van der Waals surface area (Å²) in [5, 5.41) is 9.36. The van der Waals surface area contributed by atoms with Gasteiger partial charge in [0.15, 0.2) is 0 Å². The zero-order chi connectivity index (χ0) is 9.52. The third-order valence-corrected chi connectivity index (χ3v) is 2.14. The van der Waals surface area contributed by atoms with Crippen molar-refractivity contribution in [2.24, 2.45) is 0 Å². The van der Waals surface area contributed by atoms with Gasteiger partial charge >= 0.3 is 0 Å². The molecule has 0 unspecified atom stereocenters. The van der Waals surface area contributed by atoms with Crippen molar-refractivity contribution in [2.45, 2.75) is 6.42 Å². The summed E-state index contributed by atoms with van der Waals surface area (Å²) in [4.78, 5) is 11.8. The first-order chi connectivity index (χ1) is 6.34. The molecule has 1 heterocycles. The van der Waals surface area contributed by atoms with E-state index in [2.05, 4.69) is 20.2 Å². The minimum atomic E-state index is -0.0916. The number of nitrogens with zero attached hydrogens (tertiary/aromatic N) is 2. The Balaban J connectivity index is 2.19. The molecule has 0 saturated heterocycles. The summed E-state index contributed by atoms with van der Waals surface area (Å²) in [6, 6.07) is 0. The summed E-state index contributed by atoms with van der Waals surface area (Å²) >= 11 is 1.11. The number of hydrogen-bond acceptors (Lipinski definition) is 5. The zero-order valence-electron chi connectivity index (χ0n) is 7.41. The standard InChI is InChI=1S/C7H12N4OS/c1-8-3-2-4-9-7(12)6-5-10-11-13-6/h5,8H,2-4H2,1H3,(H,9,12). The van der Waals surface area contributed by atoms with Crippen LogP contribution >= 0.6 is 11.5 Å². The predicted molar refractivity (Wildman–Crippen MR) is 50.8 cm³/mol. The highest BCUT2D eigenvalue weighted by molar-refractivity contribution is 7.07. The van der Waals surface area contributed by atoms with Crippen molar-refractivity contribution in [1.29, 1.82) is 0 Å². The smallest absolute Gasteiger partial charge is 0.264 e. The first-order valence-corrected chi connectivity index (χ1v) is 4.82. The third kappa shape index (κ3) is 3.47. The van der Waals surface area contributed by atoms with Gasteiger partial charge in [-0.3, -0.25) is 4.79 Å². The van der Waals surface area contributed by atoms with Crippen molar-refractivity contribution in [2.75, 3.05) is 20.1 Å². The van der Waals surface area contributed by atoms with E-state index in [4.69, 9.17) is 0 Å². The number of aromatic nitrogens is 2. The second-order valence-corrected chi connectivity index (χ2v) is 3.28. The van der Waals surface area contributed by atoms with E-state index in [1.54, 1.807) is 0 Å². The maximum atomic E-state index is 11.3. The molecule has 0 aromatic carbocycles. The summed E-state index contributed by atoms with van der Waals surface area (Å²) in [7, 11) is 1.88. The quantitative estimate of drug-likeness (QED) is 0.650. The molecule has 13 heavy (non-hydrogen) atoms. The third-order valence-electron chi connectivity index (χ3n) is 1.47. The zero-order valence-corrected chi connectivity index (χ0v) is 8.23. The molecular formula is C7H12N4OS. The van der Waals surface area contributed by atoms with Crippen molar-refractivity contribution in [1.82, 2.24) is 20.2 Å². The van der Waals surface area contributed by atoms with E-state index in [9.17, 15) is 4.79 Å². The van der Waals surface area contributed by atoms with Gasteiger partial charge in [-0.2, -0.15) is 0 Å². The molecule has 0 aliphatic carbocycles. The summed E-state index contributed by atoms with van der Waals surface area (Å²) in [6.07, 6.45) is 2.40. The Kier molecular flexibility index (Phi) is 4.34. The number of amides is 1. The average molecular weight is 200 g/mol. The Morgan fingerprint density at radius 1 is 1.62 bits per heavy atom. The highest BCUT2D eigenvalue weighted by Crippen LogP contribution is 2.00. The second-order valence-electron chi connectivity index (χ2n) is 2.49. The lowest BCUT2D eigenvalue weighted by molar-refractivity contribution is 0.0957. The van der Waals surface area contributed by atoms with E-state index in [0.29, 0.717) is 11.4 Å². The van der Waals surface area contributed by atoms with Crippen LogP contribution in [0, 0.1) is 0 Å². The Morgan fingerprint density at radius 3 is 3.08 bits per heavy atom. The topological polar surface area (TPSA) is 66.9 Å². The van der Waals surface area contributed by atoms with Crippen LogP contribution in [-0.4, -0.2) is 35.6 Å². The van der Waals surface area contributed by atoms with Crippen molar-refractivity contribution < 1.29 is 4.79 Å². The van der Waals surface area contributed by atoms with Gasteiger partial charge in [0.2, 0.25) is 0 Å². The number of nitrogens with one attached hydrogen (secondary N) is 2. The molecule has 72 valence electrons. The van der Waals surface area contributed by atoms with Crippen LogP contribution in [0.1, 0.15) is 16.1 Å². The maximum absolute atomic E-state index is 11.3. The fourth-order valence-electron chi connectivity index (χ4n) is 0.821. The van der Waals surface area contributed by atoms with Crippen LogP contribution in [0.5, 0.6) is 0 Å². The summed E-state index contributed by atoms with van der Waals surface area (Å²) < 4.78 is 3.61. The van der Waals surface area contributed by atoms with E-state index in [-0.39, 0.29) is 5.91 Å². The number of carbonyl (C=O) groups is 1. The largest absolute Gasteiger partial charge is 0.351 e. The van der Waals surface area contributed by atoms with Gasteiger partial charge in [-0.15, -0.1) is 5.10 Å².